The predicted octanol–water partition coefficient (Wildman–Crippen LogP) is 3.56. The van der Waals surface area contributed by atoms with E-state index >= 15 is 0 Å². The van der Waals surface area contributed by atoms with E-state index in [0.29, 0.717) is 0 Å². The van der Waals surface area contributed by atoms with Gasteiger partial charge in [0.15, 0.2) is 0 Å². The second-order valence-corrected chi connectivity index (χ2v) is 4.74. The van der Waals surface area contributed by atoms with E-state index < -0.39 is 0 Å². The Hall–Kier alpha value is -1.54. The summed E-state index contributed by atoms with van der Waals surface area (Å²) in [5.41, 5.74) is 11.2. The van der Waals surface area contributed by atoms with Crippen molar-refractivity contribution >= 4 is 0 Å². The first kappa shape index (κ1) is 11.9. The van der Waals surface area contributed by atoms with Gasteiger partial charge in [-0.05, 0) is 56.5 Å². The summed E-state index contributed by atoms with van der Waals surface area (Å²) in [6.07, 6.45) is 0. The summed E-state index contributed by atoms with van der Waals surface area (Å²) in [7, 11) is 0. The lowest BCUT2D eigenvalue weighted by molar-refractivity contribution is 0.465. The molecular weight excluding hydrogens is 210 g/mol. The maximum Gasteiger partial charge on any atom is 0.125 e. The largest absolute Gasteiger partial charge is 0.464 e. The standard InChI is InChI=1S/C15H19NO/c1-9-7-10(2)14(11(3)8-9)15(16)13-6-5-12(4)17-13/h5-8,15H,16H2,1-4H3. The van der Waals surface area contributed by atoms with Crippen molar-refractivity contribution in [3.63, 3.8) is 0 Å². The maximum absolute atomic E-state index is 6.29. The fraction of sp³-hybridized carbons (Fsp3) is 0.333. The molecule has 2 rings (SSSR count). The van der Waals surface area contributed by atoms with E-state index in [-0.39, 0.29) is 6.04 Å². The van der Waals surface area contributed by atoms with Crippen molar-refractivity contribution in [2.45, 2.75) is 33.7 Å². The lowest BCUT2D eigenvalue weighted by Gasteiger charge is -2.16. The molecule has 1 aromatic carbocycles. The minimum atomic E-state index is -0.177. The van der Waals surface area contributed by atoms with Crippen molar-refractivity contribution in [3.05, 3.63) is 58.0 Å². The number of rotatable bonds is 2. The first-order valence-electron chi connectivity index (χ1n) is 5.88. The first-order chi connectivity index (χ1) is 7.99. The van der Waals surface area contributed by atoms with Crippen LogP contribution in [-0.2, 0) is 0 Å². The van der Waals surface area contributed by atoms with Gasteiger partial charge in [-0.3, -0.25) is 0 Å². The molecule has 0 bridgehead atoms. The quantitative estimate of drug-likeness (QED) is 0.855. The second kappa shape index (κ2) is 4.38. The molecule has 0 amide bonds. The monoisotopic (exact) mass is 229 g/mol. The molecule has 0 aliphatic rings. The summed E-state index contributed by atoms with van der Waals surface area (Å²) in [5, 5.41) is 0. The average molecular weight is 229 g/mol. The molecule has 17 heavy (non-hydrogen) atoms. The number of hydrogen-bond donors (Lipinski definition) is 1. The predicted molar refractivity (Wildman–Crippen MR) is 70.1 cm³/mol. The Morgan fingerprint density at radius 2 is 1.59 bits per heavy atom. The number of aryl methyl sites for hydroxylation is 4. The van der Waals surface area contributed by atoms with Crippen LogP contribution in [0.3, 0.4) is 0 Å². The Morgan fingerprint density at radius 1 is 1.00 bits per heavy atom. The SMILES string of the molecule is Cc1cc(C)c(C(N)c2ccc(C)o2)c(C)c1. The van der Waals surface area contributed by atoms with Crippen molar-refractivity contribution in [2.75, 3.05) is 0 Å². The number of nitrogens with two attached hydrogens (primary N) is 1. The Balaban J connectivity index is 2.47. The highest BCUT2D eigenvalue weighted by atomic mass is 16.3. The van der Waals surface area contributed by atoms with Gasteiger partial charge in [-0.15, -0.1) is 0 Å². The Kier molecular flexibility index (Phi) is 3.07. The van der Waals surface area contributed by atoms with E-state index in [1.165, 1.54) is 22.3 Å². The number of furan rings is 1. The molecule has 2 aromatic rings. The molecule has 1 heterocycles. The molecule has 2 N–H and O–H groups in total. The van der Waals surface area contributed by atoms with Crippen molar-refractivity contribution in [1.29, 1.82) is 0 Å². The summed E-state index contributed by atoms with van der Waals surface area (Å²) in [5.74, 6) is 1.73. The highest BCUT2D eigenvalue weighted by Crippen LogP contribution is 2.27. The fourth-order valence-electron chi connectivity index (χ4n) is 2.44. The van der Waals surface area contributed by atoms with Crippen LogP contribution in [0.4, 0.5) is 0 Å². The van der Waals surface area contributed by atoms with Gasteiger partial charge in [-0.1, -0.05) is 17.7 Å². The molecule has 0 aliphatic heterocycles. The zero-order chi connectivity index (χ0) is 12.6. The van der Waals surface area contributed by atoms with Gasteiger partial charge in [-0.25, -0.2) is 0 Å². The van der Waals surface area contributed by atoms with Crippen LogP contribution in [0.2, 0.25) is 0 Å². The Morgan fingerprint density at radius 3 is 2.06 bits per heavy atom. The van der Waals surface area contributed by atoms with Crippen LogP contribution in [0, 0.1) is 27.7 Å². The van der Waals surface area contributed by atoms with Crippen molar-refractivity contribution in [1.82, 2.24) is 0 Å². The summed E-state index contributed by atoms with van der Waals surface area (Å²) in [4.78, 5) is 0. The van der Waals surface area contributed by atoms with Crippen LogP contribution in [-0.4, -0.2) is 0 Å². The minimum absolute atomic E-state index is 0.177. The van der Waals surface area contributed by atoms with E-state index in [1.807, 2.05) is 19.1 Å². The van der Waals surface area contributed by atoms with Crippen LogP contribution in [0.1, 0.15) is 39.8 Å². The van der Waals surface area contributed by atoms with E-state index in [9.17, 15) is 0 Å². The Labute approximate surface area is 102 Å². The van der Waals surface area contributed by atoms with Crippen LogP contribution in [0.15, 0.2) is 28.7 Å². The molecule has 1 unspecified atom stereocenters. The average Bonchev–Trinajstić information content (AvgIpc) is 2.63. The smallest absolute Gasteiger partial charge is 0.125 e. The van der Waals surface area contributed by atoms with Gasteiger partial charge >= 0.3 is 0 Å². The zero-order valence-corrected chi connectivity index (χ0v) is 10.9. The molecular formula is C15H19NO. The molecule has 2 nitrogen and oxygen atoms in total. The van der Waals surface area contributed by atoms with Gasteiger partial charge in [0.05, 0.1) is 6.04 Å². The van der Waals surface area contributed by atoms with Crippen molar-refractivity contribution in [2.24, 2.45) is 5.73 Å². The molecule has 0 saturated carbocycles. The summed E-state index contributed by atoms with van der Waals surface area (Å²) in [6, 6.07) is 8.06. The summed E-state index contributed by atoms with van der Waals surface area (Å²) < 4.78 is 5.61. The van der Waals surface area contributed by atoms with Crippen LogP contribution >= 0.6 is 0 Å². The summed E-state index contributed by atoms with van der Waals surface area (Å²) in [6.45, 7) is 8.24. The van der Waals surface area contributed by atoms with Crippen molar-refractivity contribution < 1.29 is 4.42 Å². The molecule has 0 aliphatic carbocycles. The summed E-state index contributed by atoms with van der Waals surface area (Å²) >= 11 is 0. The molecule has 2 heteroatoms. The second-order valence-electron chi connectivity index (χ2n) is 4.74. The lowest BCUT2D eigenvalue weighted by Crippen LogP contribution is -2.14. The van der Waals surface area contributed by atoms with Gasteiger partial charge in [0.1, 0.15) is 11.5 Å². The van der Waals surface area contributed by atoms with E-state index in [4.69, 9.17) is 10.2 Å². The third-order valence-electron chi connectivity index (χ3n) is 3.12. The number of benzene rings is 1. The van der Waals surface area contributed by atoms with Gasteiger partial charge in [0, 0.05) is 0 Å². The van der Waals surface area contributed by atoms with Gasteiger partial charge in [-0.2, -0.15) is 0 Å². The minimum Gasteiger partial charge on any atom is -0.464 e. The lowest BCUT2D eigenvalue weighted by atomic mass is 9.93. The molecule has 90 valence electrons. The number of hydrogen-bond acceptors (Lipinski definition) is 2. The molecule has 0 saturated heterocycles. The van der Waals surface area contributed by atoms with Crippen LogP contribution in [0.5, 0.6) is 0 Å². The maximum atomic E-state index is 6.29. The first-order valence-corrected chi connectivity index (χ1v) is 5.88. The van der Waals surface area contributed by atoms with Gasteiger partial charge in [0.2, 0.25) is 0 Å². The van der Waals surface area contributed by atoms with Gasteiger partial charge < -0.3 is 10.2 Å². The highest BCUT2D eigenvalue weighted by molar-refractivity contribution is 5.42. The molecule has 1 aromatic heterocycles. The molecule has 0 radical (unpaired) electrons. The fourth-order valence-corrected chi connectivity index (χ4v) is 2.44. The third kappa shape index (κ3) is 2.27. The van der Waals surface area contributed by atoms with E-state index in [0.717, 1.165) is 11.5 Å². The normalized spacial score (nSPS) is 12.8. The topological polar surface area (TPSA) is 39.2 Å². The Bertz CT molecular complexity index is 517. The van der Waals surface area contributed by atoms with Gasteiger partial charge in [0.25, 0.3) is 0 Å². The molecule has 0 fully saturated rings. The molecule has 0 spiro atoms. The van der Waals surface area contributed by atoms with Crippen LogP contribution in [0.25, 0.3) is 0 Å². The zero-order valence-electron chi connectivity index (χ0n) is 10.9. The van der Waals surface area contributed by atoms with Crippen LogP contribution < -0.4 is 5.73 Å². The highest BCUT2D eigenvalue weighted by Gasteiger charge is 2.17. The van der Waals surface area contributed by atoms with E-state index in [2.05, 4.69) is 32.9 Å². The third-order valence-corrected chi connectivity index (χ3v) is 3.12. The van der Waals surface area contributed by atoms with E-state index in [1.54, 1.807) is 0 Å². The molecule has 1 atom stereocenters. The van der Waals surface area contributed by atoms with Crippen molar-refractivity contribution in [3.8, 4) is 0 Å².